The van der Waals surface area contributed by atoms with Crippen molar-refractivity contribution in [1.82, 2.24) is 9.80 Å². The Labute approximate surface area is 147 Å². The molecule has 2 aliphatic heterocycles. The predicted molar refractivity (Wildman–Crippen MR) is 99.3 cm³/mol. The zero-order valence-corrected chi connectivity index (χ0v) is 15.2. The third kappa shape index (κ3) is 4.19. The molecule has 0 aromatic heterocycles. The first-order chi connectivity index (χ1) is 11.5. The molecule has 0 spiro atoms. The minimum absolute atomic E-state index is 0.142. The maximum Gasteiger partial charge on any atom is 0.286 e. The molecule has 0 atom stereocenters. The van der Waals surface area contributed by atoms with Gasteiger partial charge in [-0.15, -0.1) is 0 Å². The van der Waals surface area contributed by atoms with Crippen molar-refractivity contribution in [3.05, 3.63) is 34.7 Å². The number of carbonyl (C=O) groups is 1. The zero-order chi connectivity index (χ0) is 17.1. The summed E-state index contributed by atoms with van der Waals surface area (Å²) in [6.07, 6.45) is 2.05. The summed E-state index contributed by atoms with van der Waals surface area (Å²) in [6, 6.07) is 7.79. The van der Waals surface area contributed by atoms with Crippen LogP contribution in [-0.2, 0) is 4.79 Å². The number of amidine groups is 1. The lowest BCUT2D eigenvalue weighted by Gasteiger charge is -2.32. The number of likely N-dealkylation sites (N-methyl/N-ethyl adjacent to an activating group) is 1. The molecule has 1 saturated heterocycles. The van der Waals surface area contributed by atoms with Gasteiger partial charge in [0.25, 0.3) is 5.91 Å². The van der Waals surface area contributed by atoms with E-state index in [1.807, 2.05) is 44.2 Å². The van der Waals surface area contributed by atoms with Crippen molar-refractivity contribution in [1.29, 1.82) is 0 Å². The topological polar surface area (TPSA) is 45.1 Å². The number of benzene rings is 1. The number of piperazine rings is 1. The van der Waals surface area contributed by atoms with E-state index < -0.39 is 0 Å². The maximum absolute atomic E-state index is 12.2. The van der Waals surface area contributed by atoms with Gasteiger partial charge in [-0.3, -0.25) is 4.79 Å². The molecule has 6 heteroatoms. The Hall–Kier alpha value is -1.79. The SMILES string of the molecule is CC(C)Oc1ccc(/C=C2\SC(N3CCN(C)CC3)=NC2=O)cc1. The fourth-order valence-corrected chi connectivity index (χ4v) is 3.56. The predicted octanol–water partition coefficient (Wildman–Crippen LogP) is 2.69. The number of aliphatic imine (C=N–C) groups is 1. The monoisotopic (exact) mass is 345 g/mol. The van der Waals surface area contributed by atoms with E-state index in [0.717, 1.165) is 42.7 Å². The minimum Gasteiger partial charge on any atom is -0.491 e. The van der Waals surface area contributed by atoms with E-state index in [9.17, 15) is 4.79 Å². The van der Waals surface area contributed by atoms with Crippen molar-refractivity contribution in [2.24, 2.45) is 4.99 Å². The summed E-state index contributed by atoms with van der Waals surface area (Å²) in [4.78, 5) is 21.6. The number of thioether (sulfide) groups is 1. The standard InChI is InChI=1S/C18H23N3O2S/c1-13(2)23-15-6-4-14(5-7-15)12-16-17(22)19-18(24-16)21-10-8-20(3)9-11-21/h4-7,12-13H,8-11H2,1-3H3/b16-12-. The average molecular weight is 345 g/mol. The van der Waals surface area contributed by atoms with E-state index in [1.165, 1.54) is 11.8 Å². The summed E-state index contributed by atoms with van der Waals surface area (Å²) in [5, 5.41) is 0.833. The highest BCUT2D eigenvalue weighted by Gasteiger charge is 2.27. The molecule has 0 radical (unpaired) electrons. The third-order valence-corrected chi connectivity index (χ3v) is 4.98. The number of carbonyl (C=O) groups excluding carboxylic acids is 1. The van der Waals surface area contributed by atoms with E-state index in [0.29, 0.717) is 4.91 Å². The van der Waals surface area contributed by atoms with E-state index in [2.05, 4.69) is 21.8 Å². The van der Waals surface area contributed by atoms with E-state index in [-0.39, 0.29) is 12.0 Å². The van der Waals surface area contributed by atoms with Crippen LogP contribution in [0.5, 0.6) is 5.75 Å². The van der Waals surface area contributed by atoms with Gasteiger partial charge in [-0.05, 0) is 56.4 Å². The largest absolute Gasteiger partial charge is 0.491 e. The van der Waals surface area contributed by atoms with Gasteiger partial charge in [0.1, 0.15) is 5.75 Å². The van der Waals surface area contributed by atoms with Gasteiger partial charge < -0.3 is 14.5 Å². The van der Waals surface area contributed by atoms with Crippen LogP contribution in [0.1, 0.15) is 19.4 Å². The highest BCUT2D eigenvalue weighted by molar-refractivity contribution is 8.18. The zero-order valence-electron chi connectivity index (χ0n) is 14.4. The Bertz CT molecular complexity index is 659. The molecule has 0 aliphatic carbocycles. The van der Waals surface area contributed by atoms with E-state index in [1.54, 1.807) is 0 Å². The second kappa shape index (κ2) is 7.40. The van der Waals surface area contributed by atoms with Gasteiger partial charge in [-0.2, -0.15) is 4.99 Å². The summed E-state index contributed by atoms with van der Waals surface area (Å²) < 4.78 is 5.64. The molecule has 128 valence electrons. The number of amides is 1. The van der Waals surface area contributed by atoms with Gasteiger partial charge in [-0.1, -0.05) is 12.1 Å². The van der Waals surface area contributed by atoms with Gasteiger partial charge in [0.15, 0.2) is 5.17 Å². The molecule has 2 aliphatic rings. The summed E-state index contributed by atoms with van der Waals surface area (Å²) in [7, 11) is 2.12. The molecule has 1 aromatic carbocycles. The van der Waals surface area contributed by atoms with E-state index in [4.69, 9.17) is 4.74 Å². The Morgan fingerprint density at radius 3 is 2.46 bits per heavy atom. The summed E-state index contributed by atoms with van der Waals surface area (Å²) in [5.74, 6) is 0.698. The van der Waals surface area contributed by atoms with Crippen molar-refractivity contribution in [2.45, 2.75) is 20.0 Å². The van der Waals surface area contributed by atoms with Crippen LogP contribution in [-0.4, -0.2) is 60.2 Å². The maximum atomic E-state index is 12.2. The van der Waals surface area contributed by atoms with Gasteiger partial charge in [0.05, 0.1) is 11.0 Å². The Balaban J connectivity index is 1.65. The highest BCUT2D eigenvalue weighted by atomic mass is 32.2. The normalized spacial score (nSPS) is 20.8. The van der Waals surface area contributed by atoms with Crippen LogP contribution >= 0.6 is 11.8 Å². The molecule has 0 bridgehead atoms. The van der Waals surface area contributed by atoms with Gasteiger partial charge in [0, 0.05) is 26.2 Å². The third-order valence-electron chi connectivity index (χ3n) is 3.93. The molecule has 3 rings (SSSR count). The van der Waals surface area contributed by atoms with Crippen LogP contribution in [0.25, 0.3) is 6.08 Å². The molecule has 1 fully saturated rings. The number of nitrogens with zero attached hydrogens (tertiary/aromatic N) is 3. The second-order valence-electron chi connectivity index (χ2n) is 6.34. The Morgan fingerprint density at radius 1 is 1.17 bits per heavy atom. The van der Waals surface area contributed by atoms with Gasteiger partial charge >= 0.3 is 0 Å². The molecule has 24 heavy (non-hydrogen) atoms. The molecule has 0 N–H and O–H groups in total. The average Bonchev–Trinajstić information content (AvgIpc) is 2.90. The molecule has 1 amide bonds. The summed E-state index contributed by atoms with van der Waals surface area (Å²) >= 11 is 1.47. The molecule has 5 nitrogen and oxygen atoms in total. The van der Waals surface area contributed by atoms with Crippen molar-refractivity contribution >= 4 is 28.9 Å². The van der Waals surface area contributed by atoms with Crippen molar-refractivity contribution in [3.8, 4) is 5.75 Å². The molecular formula is C18H23N3O2S. The summed E-state index contributed by atoms with van der Waals surface area (Å²) in [5.41, 5.74) is 0.983. The molecular weight excluding hydrogens is 322 g/mol. The second-order valence-corrected chi connectivity index (χ2v) is 7.35. The van der Waals surface area contributed by atoms with Gasteiger partial charge in [-0.25, -0.2) is 0 Å². The first-order valence-corrected chi connectivity index (χ1v) is 9.06. The lowest BCUT2D eigenvalue weighted by molar-refractivity contribution is -0.113. The number of hydrogen-bond donors (Lipinski definition) is 0. The molecule has 2 heterocycles. The number of rotatable bonds is 3. The lowest BCUT2D eigenvalue weighted by atomic mass is 10.2. The van der Waals surface area contributed by atoms with Crippen molar-refractivity contribution in [3.63, 3.8) is 0 Å². The number of hydrogen-bond acceptors (Lipinski definition) is 5. The fraction of sp³-hybridized carbons (Fsp3) is 0.444. The summed E-state index contributed by atoms with van der Waals surface area (Å²) in [6.45, 7) is 7.85. The van der Waals surface area contributed by atoms with Crippen molar-refractivity contribution in [2.75, 3.05) is 33.2 Å². The smallest absolute Gasteiger partial charge is 0.286 e. The van der Waals surface area contributed by atoms with Crippen LogP contribution in [0.15, 0.2) is 34.2 Å². The Morgan fingerprint density at radius 2 is 1.83 bits per heavy atom. The van der Waals surface area contributed by atoms with Crippen molar-refractivity contribution < 1.29 is 9.53 Å². The van der Waals surface area contributed by atoms with Crippen LogP contribution in [0.4, 0.5) is 0 Å². The van der Waals surface area contributed by atoms with E-state index >= 15 is 0 Å². The molecule has 1 aromatic rings. The van der Waals surface area contributed by atoms with Gasteiger partial charge in [0.2, 0.25) is 0 Å². The fourth-order valence-electron chi connectivity index (χ4n) is 2.60. The van der Waals surface area contributed by atoms with Crippen LogP contribution in [0, 0.1) is 0 Å². The first-order valence-electron chi connectivity index (χ1n) is 8.24. The minimum atomic E-state index is -0.142. The van der Waals surface area contributed by atoms with Crippen LogP contribution < -0.4 is 4.74 Å². The number of ether oxygens (including phenoxy) is 1. The molecule has 0 unspecified atom stereocenters. The van der Waals surface area contributed by atoms with Crippen LogP contribution in [0.3, 0.4) is 0 Å². The van der Waals surface area contributed by atoms with Crippen LogP contribution in [0.2, 0.25) is 0 Å². The Kier molecular flexibility index (Phi) is 5.26. The first kappa shape index (κ1) is 17.0. The highest BCUT2D eigenvalue weighted by Crippen LogP contribution is 2.30. The lowest BCUT2D eigenvalue weighted by Crippen LogP contribution is -2.46. The quantitative estimate of drug-likeness (QED) is 0.788. The molecule has 0 saturated carbocycles.